The number of aromatic amines is 1. The number of aliphatic hydroxyl groups is 1. The summed E-state index contributed by atoms with van der Waals surface area (Å²) >= 11 is 0. The van der Waals surface area contributed by atoms with Crippen LogP contribution < -0.4 is 4.90 Å². The summed E-state index contributed by atoms with van der Waals surface area (Å²) in [5.74, 6) is 1.26. The van der Waals surface area contributed by atoms with Crippen molar-refractivity contribution in [2.24, 2.45) is 5.92 Å². The summed E-state index contributed by atoms with van der Waals surface area (Å²) < 4.78 is 0. The van der Waals surface area contributed by atoms with Crippen molar-refractivity contribution in [3.05, 3.63) is 18.6 Å². The van der Waals surface area contributed by atoms with Gasteiger partial charge in [0.1, 0.15) is 24.4 Å². The number of nitrogens with one attached hydrogen (secondary N) is 1. The third-order valence-corrected chi connectivity index (χ3v) is 5.19. The van der Waals surface area contributed by atoms with Gasteiger partial charge in [0.25, 0.3) is 0 Å². The van der Waals surface area contributed by atoms with E-state index in [0.29, 0.717) is 18.5 Å². The zero-order valence-corrected chi connectivity index (χ0v) is 15.0. The highest BCUT2D eigenvalue weighted by Crippen LogP contribution is 2.33. The molecule has 2 atom stereocenters. The highest BCUT2D eigenvalue weighted by Gasteiger charge is 2.31. The molecule has 1 aliphatic rings. The highest BCUT2D eigenvalue weighted by atomic mass is 16.3. The SMILES string of the molecule is CCCN(CC1CC[C@H](N(C)c2ncnc3[nH]ccc23)C1)C(=O)CO. The van der Waals surface area contributed by atoms with Crippen LogP contribution in [0.15, 0.2) is 18.6 Å². The number of carbonyl (C=O) groups is 1. The Kier molecular flexibility index (Phi) is 5.53. The van der Waals surface area contributed by atoms with Crippen LogP contribution in [-0.4, -0.2) is 63.7 Å². The maximum atomic E-state index is 11.9. The highest BCUT2D eigenvalue weighted by molar-refractivity contribution is 5.87. The molecule has 1 amide bonds. The molecular weight excluding hydrogens is 318 g/mol. The summed E-state index contributed by atoms with van der Waals surface area (Å²) in [6.07, 6.45) is 7.61. The molecule has 0 spiro atoms. The van der Waals surface area contributed by atoms with Gasteiger partial charge in [0.2, 0.25) is 5.91 Å². The van der Waals surface area contributed by atoms with E-state index in [1.807, 2.05) is 17.2 Å². The molecule has 0 radical (unpaired) electrons. The van der Waals surface area contributed by atoms with Crippen LogP contribution in [0.25, 0.3) is 11.0 Å². The second kappa shape index (κ2) is 7.82. The summed E-state index contributed by atoms with van der Waals surface area (Å²) in [6.45, 7) is 3.11. The van der Waals surface area contributed by atoms with Crippen LogP contribution in [0.5, 0.6) is 0 Å². The van der Waals surface area contributed by atoms with Crippen molar-refractivity contribution in [2.45, 2.75) is 38.6 Å². The van der Waals surface area contributed by atoms with Gasteiger partial charge in [-0.1, -0.05) is 6.92 Å². The Morgan fingerprint density at radius 1 is 1.40 bits per heavy atom. The van der Waals surface area contributed by atoms with Crippen LogP contribution in [0.3, 0.4) is 0 Å². The third kappa shape index (κ3) is 3.76. The first-order valence-corrected chi connectivity index (χ1v) is 9.03. The number of aliphatic hydroxyl groups excluding tert-OH is 1. The Hall–Kier alpha value is -2.15. The van der Waals surface area contributed by atoms with Crippen LogP contribution in [0.2, 0.25) is 0 Å². The molecule has 0 aliphatic heterocycles. The van der Waals surface area contributed by atoms with Gasteiger partial charge >= 0.3 is 0 Å². The van der Waals surface area contributed by atoms with Gasteiger partial charge in [0.05, 0.1) is 5.39 Å². The summed E-state index contributed by atoms with van der Waals surface area (Å²) in [5, 5.41) is 10.2. The average molecular weight is 345 g/mol. The number of carbonyl (C=O) groups excluding carboxylic acids is 1. The minimum absolute atomic E-state index is 0.163. The minimum atomic E-state index is -0.400. The smallest absolute Gasteiger partial charge is 0.248 e. The Bertz CT molecular complexity index is 716. The molecular formula is C18H27N5O2. The van der Waals surface area contributed by atoms with E-state index < -0.39 is 6.61 Å². The Balaban J connectivity index is 1.66. The number of aromatic nitrogens is 3. The maximum Gasteiger partial charge on any atom is 0.248 e. The summed E-state index contributed by atoms with van der Waals surface area (Å²) in [7, 11) is 2.09. The lowest BCUT2D eigenvalue weighted by molar-refractivity contribution is -0.134. The molecule has 0 saturated heterocycles. The number of fused-ring (bicyclic) bond motifs is 1. The molecule has 136 valence electrons. The second-order valence-electron chi connectivity index (χ2n) is 6.88. The normalized spacial score (nSPS) is 20.1. The van der Waals surface area contributed by atoms with E-state index in [4.69, 9.17) is 5.11 Å². The van der Waals surface area contributed by atoms with Crippen molar-refractivity contribution in [3.63, 3.8) is 0 Å². The molecule has 1 aliphatic carbocycles. The fraction of sp³-hybridized carbons (Fsp3) is 0.611. The second-order valence-corrected chi connectivity index (χ2v) is 6.88. The number of nitrogens with zero attached hydrogens (tertiary/aromatic N) is 4. The molecule has 0 aromatic carbocycles. The first kappa shape index (κ1) is 17.7. The van der Waals surface area contributed by atoms with Gasteiger partial charge in [0, 0.05) is 32.4 Å². The molecule has 2 N–H and O–H groups in total. The van der Waals surface area contributed by atoms with Crippen LogP contribution in [0.1, 0.15) is 32.6 Å². The number of anilines is 1. The van der Waals surface area contributed by atoms with E-state index in [1.54, 1.807) is 6.33 Å². The van der Waals surface area contributed by atoms with E-state index in [1.165, 1.54) is 0 Å². The van der Waals surface area contributed by atoms with Gasteiger partial charge in [-0.25, -0.2) is 9.97 Å². The van der Waals surface area contributed by atoms with E-state index >= 15 is 0 Å². The molecule has 1 fully saturated rings. The van der Waals surface area contributed by atoms with Gasteiger partial charge in [0.15, 0.2) is 0 Å². The molecule has 0 bridgehead atoms. The lowest BCUT2D eigenvalue weighted by Gasteiger charge is -2.28. The van der Waals surface area contributed by atoms with Crippen LogP contribution >= 0.6 is 0 Å². The summed E-state index contributed by atoms with van der Waals surface area (Å²) in [4.78, 5) is 27.8. The van der Waals surface area contributed by atoms with Crippen molar-refractivity contribution in [2.75, 3.05) is 31.6 Å². The molecule has 1 saturated carbocycles. The Morgan fingerprint density at radius 2 is 2.24 bits per heavy atom. The Labute approximate surface area is 148 Å². The predicted molar refractivity (Wildman–Crippen MR) is 97.4 cm³/mol. The minimum Gasteiger partial charge on any atom is -0.387 e. The fourth-order valence-electron chi connectivity index (χ4n) is 3.88. The molecule has 3 rings (SSSR count). The monoisotopic (exact) mass is 345 g/mol. The standard InChI is InChI=1S/C18H27N5O2/c1-3-8-23(16(25)11-24)10-13-4-5-14(9-13)22(2)18-15-6-7-19-17(15)20-12-21-18/h6-7,12-14,24H,3-5,8-11H2,1-2H3,(H,19,20,21)/t13?,14-/m0/s1. The number of amides is 1. The number of hydrogen-bond acceptors (Lipinski definition) is 5. The average Bonchev–Trinajstić information content (AvgIpc) is 3.29. The van der Waals surface area contributed by atoms with Gasteiger partial charge in [-0.15, -0.1) is 0 Å². The third-order valence-electron chi connectivity index (χ3n) is 5.19. The zero-order chi connectivity index (χ0) is 17.8. The van der Waals surface area contributed by atoms with Crippen LogP contribution in [0.4, 0.5) is 5.82 Å². The summed E-state index contributed by atoms with van der Waals surface area (Å²) in [5.41, 5.74) is 0.856. The molecule has 1 unspecified atom stereocenters. The van der Waals surface area contributed by atoms with E-state index in [9.17, 15) is 4.79 Å². The van der Waals surface area contributed by atoms with Crippen molar-refractivity contribution in [1.82, 2.24) is 19.9 Å². The molecule has 2 aromatic rings. The van der Waals surface area contributed by atoms with Crippen molar-refractivity contribution in [1.29, 1.82) is 0 Å². The fourth-order valence-corrected chi connectivity index (χ4v) is 3.88. The molecule has 2 heterocycles. The van der Waals surface area contributed by atoms with Gasteiger partial charge in [-0.05, 0) is 37.7 Å². The molecule has 7 heteroatoms. The maximum absolute atomic E-state index is 11.9. The topological polar surface area (TPSA) is 85.4 Å². The first-order valence-electron chi connectivity index (χ1n) is 9.03. The quantitative estimate of drug-likeness (QED) is 0.799. The van der Waals surface area contributed by atoms with E-state index in [0.717, 1.165) is 49.1 Å². The van der Waals surface area contributed by atoms with Gasteiger partial charge in [-0.2, -0.15) is 0 Å². The largest absolute Gasteiger partial charge is 0.387 e. The van der Waals surface area contributed by atoms with Crippen molar-refractivity contribution < 1.29 is 9.90 Å². The van der Waals surface area contributed by atoms with Gasteiger partial charge < -0.3 is 19.9 Å². The van der Waals surface area contributed by atoms with E-state index in [2.05, 4.69) is 33.8 Å². The zero-order valence-electron chi connectivity index (χ0n) is 15.0. The van der Waals surface area contributed by atoms with Gasteiger partial charge in [-0.3, -0.25) is 4.79 Å². The lowest BCUT2D eigenvalue weighted by atomic mass is 10.1. The number of hydrogen-bond donors (Lipinski definition) is 2. The molecule has 2 aromatic heterocycles. The molecule has 7 nitrogen and oxygen atoms in total. The lowest BCUT2D eigenvalue weighted by Crippen LogP contribution is -2.38. The number of H-pyrrole nitrogens is 1. The first-order chi connectivity index (χ1) is 12.1. The van der Waals surface area contributed by atoms with Crippen LogP contribution in [0, 0.1) is 5.92 Å². The van der Waals surface area contributed by atoms with Crippen molar-refractivity contribution >= 4 is 22.8 Å². The van der Waals surface area contributed by atoms with Crippen molar-refractivity contribution in [3.8, 4) is 0 Å². The van der Waals surface area contributed by atoms with Crippen LogP contribution in [-0.2, 0) is 4.79 Å². The number of rotatable bonds is 7. The van der Waals surface area contributed by atoms with E-state index in [-0.39, 0.29) is 5.91 Å². The molecule has 25 heavy (non-hydrogen) atoms. The Morgan fingerprint density at radius 3 is 3.00 bits per heavy atom. The summed E-state index contributed by atoms with van der Waals surface area (Å²) in [6, 6.07) is 2.42. The predicted octanol–water partition coefficient (Wildman–Crippen LogP) is 1.79.